The van der Waals surface area contributed by atoms with Crippen LogP contribution in [-0.4, -0.2) is 16.2 Å². The Balaban J connectivity index is 1.75. The van der Waals surface area contributed by atoms with E-state index in [4.69, 9.17) is 33.5 Å². The van der Waals surface area contributed by atoms with E-state index in [2.05, 4.69) is 10.1 Å². The SMILES string of the molecule is NC1C=CC(c2nc(Cc3ccc(Cl)cc3Cl)no2)C1. The van der Waals surface area contributed by atoms with Crippen LogP contribution in [0.25, 0.3) is 0 Å². The Morgan fingerprint density at radius 1 is 1.30 bits per heavy atom. The molecule has 2 N–H and O–H groups in total. The van der Waals surface area contributed by atoms with Crippen molar-refractivity contribution in [1.82, 2.24) is 10.1 Å². The molecule has 0 fully saturated rings. The fourth-order valence-electron chi connectivity index (χ4n) is 2.24. The highest BCUT2D eigenvalue weighted by atomic mass is 35.5. The zero-order valence-electron chi connectivity index (χ0n) is 10.6. The molecule has 1 aromatic carbocycles. The second-order valence-electron chi connectivity index (χ2n) is 4.85. The van der Waals surface area contributed by atoms with Crippen molar-refractivity contribution in [3.05, 3.63) is 57.7 Å². The van der Waals surface area contributed by atoms with Gasteiger partial charge < -0.3 is 10.3 Å². The van der Waals surface area contributed by atoms with Gasteiger partial charge in [-0.2, -0.15) is 4.98 Å². The summed E-state index contributed by atoms with van der Waals surface area (Å²) in [5, 5.41) is 5.20. The van der Waals surface area contributed by atoms with Gasteiger partial charge in [0.05, 0.1) is 5.92 Å². The molecule has 1 aromatic heterocycles. The molecular formula is C14H13Cl2N3O. The van der Waals surface area contributed by atoms with Crippen molar-refractivity contribution in [2.75, 3.05) is 0 Å². The molecule has 2 aromatic rings. The van der Waals surface area contributed by atoms with E-state index >= 15 is 0 Å². The van der Waals surface area contributed by atoms with Crippen molar-refractivity contribution < 1.29 is 4.52 Å². The zero-order valence-corrected chi connectivity index (χ0v) is 12.1. The van der Waals surface area contributed by atoms with Crippen LogP contribution in [0.3, 0.4) is 0 Å². The maximum atomic E-state index is 6.13. The Morgan fingerprint density at radius 3 is 2.85 bits per heavy atom. The van der Waals surface area contributed by atoms with Gasteiger partial charge >= 0.3 is 0 Å². The molecule has 0 saturated carbocycles. The van der Waals surface area contributed by atoms with E-state index in [1.807, 2.05) is 18.2 Å². The quantitative estimate of drug-likeness (QED) is 0.883. The second kappa shape index (κ2) is 5.56. The van der Waals surface area contributed by atoms with Crippen molar-refractivity contribution in [3.8, 4) is 0 Å². The summed E-state index contributed by atoms with van der Waals surface area (Å²) in [7, 11) is 0. The molecule has 20 heavy (non-hydrogen) atoms. The van der Waals surface area contributed by atoms with E-state index in [1.54, 1.807) is 12.1 Å². The largest absolute Gasteiger partial charge is 0.339 e. The van der Waals surface area contributed by atoms with E-state index in [-0.39, 0.29) is 12.0 Å². The number of hydrogen-bond donors (Lipinski definition) is 1. The molecule has 2 atom stereocenters. The van der Waals surface area contributed by atoms with Crippen LogP contribution >= 0.6 is 23.2 Å². The Labute approximate surface area is 126 Å². The molecule has 6 heteroatoms. The lowest BCUT2D eigenvalue weighted by atomic mass is 10.1. The molecule has 2 unspecified atom stereocenters. The van der Waals surface area contributed by atoms with Crippen LogP contribution in [0.1, 0.15) is 29.6 Å². The number of rotatable bonds is 3. The van der Waals surface area contributed by atoms with Gasteiger partial charge in [-0.25, -0.2) is 0 Å². The van der Waals surface area contributed by atoms with Crippen molar-refractivity contribution >= 4 is 23.2 Å². The topological polar surface area (TPSA) is 64.9 Å². The average Bonchev–Trinajstić information content (AvgIpc) is 3.02. The standard InChI is InChI=1S/C14H13Cl2N3O/c15-10-3-1-8(12(16)7-10)6-13-18-14(20-19-13)9-2-4-11(17)5-9/h1-4,7,9,11H,5-6,17H2. The third-order valence-corrected chi connectivity index (χ3v) is 3.87. The second-order valence-corrected chi connectivity index (χ2v) is 5.70. The minimum Gasteiger partial charge on any atom is -0.339 e. The van der Waals surface area contributed by atoms with Gasteiger partial charge in [-0.1, -0.05) is 46.6 Å². The first kappa shape index (κ1) is 13.6. The first-order chi connectivity index (χ1) is 9.61. The van der Waals surface area contributed by atoms with Gasteiger partial charge in [-0.15, -0.1) is 0 Å². The average molecular weight is 310 g/mol. The summed E-state index contributed by atoms with van der Waals surface area (Å²) in [5.74, 6) is 1.33. The highest BCUT2D eigenvalue weighted by Gasteiger charge is 2.23. The maximum Gasteiger partial charge on any atom is 0.233 e. The van der Waals surface area contributed by atoms with Gasteiger partial charge in [-0.3, -0.25) is 0 Å². The number of nitrogens with zero attached hydrogens (tertiary/aromatic N) is 2. The van der Waals surface area contributed by atoms with Gasteiger partial charge in [0.25, 0.3) is 0 Å². The smallest absolute Gasteiger partial charge is 0.233 e. The number of benzene rings is 1. The summed E-state index contributed by atoms with van der Waals surface area (Å²) in [4.78, 5) is 4.41. The summed E-state index contributed by atoms with van der Waals surface area (Å²) in [6.07, 6.45) is 5.30. The van der Waals surface area contributed by atoms with Crippen LogP contribution in [0.4, 0.5) is 0 Å². The monoisotopic (exact) mass is 309 g/mol. The maximum absolute atomic E-state index is 6.13. The van der Waals surface area contributed by atoms with E-state index in [9.17, 15) is 0 Å². The minimum atomic E-state index is 0.0704. The predicted octanol–water partition coefficient (Wildman–Crippen LogP) is 3.34. The third-order valence-electron chi connectivity index (χ3n) is 3.28. The van der Waals surface area contributed by atoms with Gasteiger partial charge in [0, 0.05) is 22.5 Å². The van der Waals surface area contributed by atoms with Crippen LogP contribution < -0.4 is 5.73 Å². The number of aromatic nitrogens is 2. The van der Waals surface area contributed by atoms with Gasteiger partial charge in [0.15, 0.2) is 5.82 Å². The van der Waals surface area contributed by atoms with E-state index < -0.39 is 0 Å². The molecule has 4 nitrogen and oxygen atoms in total. The fraction of sp³-hybridized carbons (Fsp3) is 0.286. The summed E-state index contributed by atoms with van der Waals surface area (Å²) >= 11 is 12.0. The number of nitrogens with two attached hydrogens (primary N) is 1. The lowest BCUT2D eigenvalue weighted by molar-refractivity contribution is 0.360. The van der Waals surface area contributed by atoms with E-state index in [1.165, 1.54) is 0 Å². The summed E-state index contributed by atoms with van der Waals surface area (Å²) in [5.41, 5.74) is 6.74. The van der Waals surface area contributed by atoms with Gasteiger partial charge in [0.2, 0.25) is 5.89 Å². The molecule has 0 spiro atoms. The molecule has 3 rings (SSSR count). The molecular weight excluding hydrogens is 297 g/mol. The lowest BCUT2D eigenvalue weighted by Crippen LogP contribution is -2.14. The zero-order chi connectivity index (χ0) is 14.1. The predicted molar refractivity (Wildman–Crippen MR) is 78.0 cm³/mol. The Hall–Kier alpha value is -1.36. The molecule has 1 aliphatic carbocycles. The molecule has 0 amide bonds. The van der Waals surface area contributed by atoms with Crippen LogP contribution in [0.5, 0.6) is 0 Å². The van der Waals surface area contributed by atoms with Crippen LogP contribution in [0.15, 0.2) is 34.9 Å². The first-order valence-electron chi connectivity index (χ1n) is 6.32. The van der Waals surface area contributed by atoms with Crippen LogP contribution in [0, 0.1) is 0 Å². The van der Waals surface area contributed by atoms with E-state index in [0.717, 1.165) is 12.0 Å². The fourth-order valence-corrected chi connectivity index (χ4v) is 2.71. The van der Waals surface area contributed by atoms with Gasteiger partial charge in [-0.05, 0) is 24.1 Å². The molecule has 1 aliphatic rings. The molecule has 0 aliphatic heterocycles. The third kappa shape index (κ3) is 2.87. The molecule has 104 valence electrons. The number of allylic oxidation sites excluding steroid dienone is 1. The van der Waals surface area contributed by atoms with Gasteiger partial charge in [0.1, 0.15) is 0 Å². The van der Waals surface area contributed by atoms with Crippen molar-refractivity contribution in [1.29, 1.82) is 0 Å². The first-order valence-corrected chi connectivity index (χ1v) is 7.08. The van der Waals surface area contributed by atoms with E-state index in [0.29, 0.717) is 28.2 Å². The molecule has 1 heterocycles. The van der Waals surface area contributed by atoms with Crippen LogP contribution in [-0.2, 0) is 6.42 Å². The van der Waals surface area contributed by atoms with Crippen molar-refractivity contribution in [3.63, 3.8) is 0 Å². The summed E-state index contributed by atoms with van der Waals surface area (Å²) < 4.78 is 5.30. The Kier molecular flexibility index (Phi) is 3.78. The van der Waals surface area contributed by atoms with Crippen LogP contribution in [0.2, 0.25) is 10.0 Å². The Morgan fingerprint density at radius 2 is 2.15 bits per heavy atom. The number of halogens is 2. The highest BCUT2D eigenvalue weighted by Crippen LogP contribution is 2.27. The normalized spacial score (nSPS) is 21.6. The lowest BCUT2D eigenvalue weighted by Gasteiger charge is -2.02. The Bertz CT molecular complexity index is 654. The van der Waals surface area contributed by atoms with Crippen molar-refractivity contribution in [2.24, 2.45) is 5.73 Å². The summed E-state index contributed by atoms with van der Waals surface area (Å²) in [6.45, 7) is 0. The highest BCUT2D eigenvalue weighted by molar-refractivity contribution is 6.35. The minimum absolute atomic E-state index is 0.0704. The molecule has 0 bridgehead atoms. The molecule has 0 radical (unpaired) electrons. The molecule has 0 saturated heterocycles. The van der Waals surface area contributed by atoms with Crippen molar-refractivity contribution in [2.45, 2.75) is 24.8 Å². The summed E-state index contributed by atoms with van der Waals surface area (Å²) in [6, 6.07) is 5.44. The number of hydrogen-bond acceptors (Lipinski definition) is 4.